The Morgan fingerprint density at radius 3 is 2.75 bits per heavy atom. The minimum Gasteiger partial charge on any atom is -0.496 e. The van der Waals surface area contributed by atoms with E-state index in [9.17, 15) is 14.9 Å². The number of benzene rings is 2. The van der Waals surface area contributed by atoms with Crippen LogP contribution in [0.15, 0.2) is 42.5 Å². The fourth-order valence-electron chi connectivity index (χ4n) is 4.64. The first-order valence-corrected chi connectivity index (χ1v) is 10.3. The summed E-state index contributed by atoms with van der Waals surface area (Å²) in [5.74, 6) is -1.49. The molecule has 0 spiro atoms. The highest BCUT2D eigenvalue weighted by Gasteiger charge is 2.44. The van der Waals surface area contributed by atoms with Crippen molar-refractivity contribution in [2.24, 2.45) is 13.0 Å². The van der Waals surface area contributed by atoms with Crippen molar-refractivity contribution >= 4 is 17.4 Å². The number of anilines is 1. The predicted octanol–water partition coefficient (Wildman–Crippen LogP) is 3.28. The third kappa shape index (κ3) is 2.86. The van der Waals surface area contributed by atoms with Crippen LogP contribution < -0.4 is 14.8 Å². The van der Waals surface area contributed by atoms with Gasteiger partial charge in [-0.1, -0.05) is 18.2 Å². The molecule has 0 radical (unpaired) electrons. The maximum Gasteiger partial charge on any atom is 0.249 e. The van der Waals surface area contributed by atoms with Crippen LogP contribution in [0.2, 0.25) is 0 Å². The number of amides is 1. The number of carbonyl (C=O) groups excluding carboxylic acids is 2. The maximum absolute atomic E-state index is 13.4. The van der Waals surface area contributed by atoms with Crippen molar-refractivity contribution in [2.75, 3.05) is 19.0 Å². The highest BCUT2D eigenvalue weighted by atomic mass is 16.5. The standard InChI is InChI=1S/C24H20N4O4/c1-28-22-19(14-10-11-32-17-9-8-16(31-2)20(22)18(14)17)21(27-28)23(29)15(12-25)24(30)26-13-6-4-3-5-7-13/h3-9,14-15H,10-11H2,1-2H3,(H,26,30). The SMILES string of the molecule is COc1ccc2c3c1-c1c(c(C(=O)C(C#N)C(=O)Nc4ccccc4)nn1C)C3CCO2. The van der Waals surface area contributed by atoms with Crippen molar-refractivity contribution in [3.05, 3.63) is 59.3 Å². The number of nitrogens with zero attached hydrogens (tertiary/aromatic N) is 3. The smallest absolute Gasteiger partial charge is 0.249 e. The van der Waals surface area contributed by atoms with Gasteiger partial charge in [-0.25, -0.2) is 0 Å². The molecular weight excluding hydrogens is 408 g/mol. The lowest BCUT2D eigenvalue weighted by Gasteiger charge is -2.24. The van der Waals surface area contributed by atoms with E-state index in [4.69, 9.17) is 9.47 Å². The molecule has 0 fully saturated rings. The van der Waals surface area contributed by atoms with Crippen LogP contribution in [0.4, 0.5) is 5.69 Å². The number of carbonyl (C=O) groups is 2. The fourth-order valence-corrected chi connectivity index (χ4v) is 4.64. The van der Waals surface area contributed by atoms with Gasteiger partial charge in [0.2, 0.25) is 11.7 Å². The van der Waals surface area contributed by atoms with Gasteiger partial charge in [-0.2, -0.15) is 10.4 Å². The van der Waals surface area contributed by atoms with Crippen molar-refractivity contribution in [1.82, 2.24) is 9.78 Å². The summed E-state index contributed by atoms with van der Waals surface area (Å²) in [4.78, 5) is 26.2. The molecule has 8 heteroatoms. The first kappa shape index (κ1) is 19.8. The number of aromatic nitrogens is 2. The van der Waals surface area contributed by atoms with Crippen molar-refractivity contribution in [2.45, 2.75) is 12.3 Å². The van der Waals surface area contributed by atoms with E-state index in [1.54, 1.807) is 43.1 Å². The average Bonchev–Trinajstić information content (AvgIpc) is 3.33. The van der Waals surface area contributed by atoms with Gasteiger partial charge in [-0.05, 0) is 30.7 Å². The summed E-state index contributed by atoms with van der Waals surface area (Å²) >= 11 is 0. The minimum atomic E-state index is -1.51. The van der Waals surface area contributed by atoms with Crippen LogP contribution >= 0.6 is 0 Å². The van der Waals surface area contributed by atoms with Gasteiger partial charge >= 0.3 is 0 Å². The topological polar surface area (TPSA) is 106 Å². The number of hydrogen-bond donors (Lipinski definition) is 1. The Balaban J connectivity index is 1.57. The van der Waals surface area contributed by atoms with E-state index in [0.29, 0.717) is 24.5 Å². The van der Waals surface area contributed by atoms with Crippen LogP contribution in [0.5, 0.6) is 11.5 Å². The second-order valence-corrected chi connectivity index (χ2v) is 7.76. The summed E-state index contributed by atoms with van der Waals surface area (Å²) in [5.41, 5.74) is 3.97. The van der Waals surface area contributed by atoms with E-state index < -0.39 is 17.6 Å². The highest BCUT2D eigenvalue weighted by molar-refractivity contribution is 6.16. The summed E-state index contributed by atoms with van der Waals surface area (Å²) in [7, 11) is 3.34. The lowest BCUT2D eigenvalue weighted by atomic mass is 9.88. The summed E-state index contributed by atoms with van der Waals surface area (Å²) in [6.45, 7) is 0.502. The molecule has 1 N–H and O–H groups in total. The van der Waals surface area contributed by atoms with Crippen LogP contribution in [0.1, 0.15) is 34.0 Å². The Morgan fingerprint density at radius 2 is 2.03 bits per heavy atom. The second kappa shape index (κ2) is 7.54. The molecule has 0 bridgehead atoms. The zero-order valence-electron chi connectivity index (χ0n) is 17.6. The van der Waals surface area contributed by atoms with E-state index in [1.165, 1.54) is 0 Å². The van der Waals surface area contributed by atoms with E-state index >= 15 is 0 Å². The van der Waals surface area contributed by atoms with Gasteiger partial charge < -0.3 is 14.8 Å². The van der Waals surface area contributed by atoms with Crippen molar-refractivity contribution in [3.8, 4) is 28.8 Å². The number of ketones is 1. The number of nitrogens with one attached hydrogen (secondary N) is 1. The van der Waals surface area contributed by atoms with E-state index in [1.807, 2.05) is 24.3 Å². The van der Waals surface area contributed by atoms with Crippen LogP contribution in [0.25, 0.3) is 11.3 Å². The molecule has 8 nitrogen and oxygen atoms in total. The summed E-state index contributed by atoms with van der Waals surface area (Å²) < 4.78 is 13.1. The number of methoxy groups -OCH3 is 1. The molecule has 0 saturated carbocycles. The predicted molar refractivity (Wildman–Crippen MR) is 116 cm³/mol. The molecule has 1 aromatic heterocycles. The molecule has 2 heterocycles. The Labute approximate surface area is 184 Å². The van der Waals surface area contributed by atoms with Crippen molar-refractivity contribution in [3.63, 3.8) is 0 Å². The van der Waals surface area contributed by atoms with Crippen molar-refractivity contribution in [1.29, 1.82) is 5.26 Å². The average molecular weight is 428 g/mol. The molecule has 160 valence electrons. The van der Waals surface area contributed by atoms with Gasteiger partial charge in [0.15, 0.2) is 5.92 Å². The number of hydrogen-bond acceptors (Lipinski definition) is 6. The van der Waals surface area contributed by atoms with Crippen LogP contribution in [-0.4, -0.2) is 35.2 Å². The largest absolute Gasteiger partial charge is 0.496 e. The Bertz CT molecular complexity index is 1290. The Kier molecular flexibility index (Phi) is 4.67. The second-order valence-electron chi connectivity index (χ2n) is 7.76. The summed E-state index contributed by atoms with van der Waals surface area (Å²) in [6, 6.07) is 14.3. The Morgan fingerprint density at radius 1 is 1.25 bits per heavy atom. The fraction of sp³-hybridized carbons (Fsp3) is 0.250. The first-order valence-electron chi connectivity index (χ1n) is 10.3. The quantitative estimate of drug-likeness (QED) is 0.494. The number of rotatable bonds is 5. The zero-order valence-corrected chi connectivity index (χ0v) is 17.6. The molecule has 2 aromatic carbocycles. The molecule has 1 aliphatic heterocycles. The van der Waals surface area contributed by atoms with E-state index in [-0.39, 0.29) is 11.6 Å². The third-order valence-corrected chi connectivity index (χ3v) is 6.00. The van der Waals surface area contributed by atoms with Crippen LogP contribution in [0.3, 0.4) is 0 Å². The number of aryl methyl sites for hydroxylation is 1. The monoisotopic (exact) mass is 428 g/mol. The molecule has 2 unspecified atom stereocenters. The van der Waals surface area contributed by atoms with Crippen LogP contribution in [0, 0.1) is 17.2 Å². The third-order valence-electron chi connectivity index (χ3n) is 6.00. The summed E-state index contributed by atoms with van der Waals surface area (Å²) in [6.07, 6.45) is 0.666. The van der Waals surface area contributed by atoms with Gasteiger partial charge in [0.05, 0.1) is 25.5 Å². The normalized spacial score (nSPS) is 16.2. The number of Topliss-reactive ketones (excluding diaryl/α,β-unsaturated/α-hetero) is 1. The lowest BCUT2D eigenvalue weighted by Crippen LogP contribution is -2.30. The maximum atomic E-state index is 13.4. The van der Waals surface area contributed by atoms with Gasteiger partial charge in [-0.15, -0.1) is 0 Å². The van der Waals surface area contributed by atoms with E-state index in [2.05, 4.69) is 10.4 Å². The van der Waals surface area contributed by atoms with Gasteiger partial charge in [0.25, 0.3) is 0 Å². The molecule has 1 aliphatic carbocycles. The number of nitriles is 1. The van der Waals surface area contributed by atoms with Gasteiger partial charge in [-0.3, -0.25) is 14.3 Å². The molecule has 3 aromatic rings. The molecule has 1 amide bonds. The molecule has 2 aliphatic rings. The first-order chi connectivity index (χ1) is 15.5. The van der Waals surface area contributed by atoms with Gasteiger partial charge in [0.1, 0.15) is 17.2 Å². The van der Waals surface area contributed by atoms with E-state index in [0.717, 1.165) is 28.1 Å². The number of para-hydroxylation sites is 1. The minimum absolute atomic E-state index is 0.108. The number of fused-ring (bicyclic) bond motifs is 3. The molecule has 0 saturated heterocycles. The zero-order chi connectivity index (χ0) is 22.4. The Hall–Kier alpha value is -4.12. The van der Waals surface area contributed by atoms with Crippen molar-refractivity contribution < 1.29 is 19.1 Å². The molecular formula is C24H20N4O4. The molecule has 32 heavy (non-hydrogen) atoms. The molecule has 2 atom stereocenters. The number of ether oxygens (including phenoxy) is 2. The molecule has 5 rings (SSSR count). The highest BCUT2D eigenvalue weighted by Crippen LogP contribution is 2.56. The van der Waals surface area contributed by atoms with Gasteiger partial charge in [0, 0.05) is 35.3 Å². The van der Waals surface area contributed by atoms with Crippen LogP contribution in [-0.2, 0) is 11.8 Å². The summed E-state index contributed by atoms with van der Waals surface area (Å²) in [5, 5.41) is 16.8. The lowest BCUT2D eigenvalue weighted by molar-refractivity contribution is -0.117.